The van der Waals surface area contributed by atoms with Crippen molar-refractivity contribution in [2.24, 2.45) is 4.99 Å². The second-order valence-electron chi connectivity index (χ2n) is 3.22. The van der Waals surface area contributed by atoms with Gasteiger partial charge in [-0.3, -0.25) is 9.79 Å². The van der Waals surface area contributed by atoms with Crippen LogP contribution in [0.15, 0.2) is 23.2 Å². The highest BCUT2D eigenvalue weighted by molar-refractivity contribution is 6.29. The molecule has 2 heteroatoms. The second-order valence-corrected chi connectivity index (χ2v) is 3.22. The highest BCUT2D eigenvalue weighted by atomic mass is 16.1. The van der Waals surface area contributed by atoms with Crippen molar-refractivity contribution >= 4 is 17.7 Å². The summed E-state index contributed by atoms with van der Waals surface area (Å²) in [5, 5.41) is 0. The second kappa shape index (κ2) is 3.13. The molecule has 1 aliphatic heterocycles. The molecule has 1 aromatic rings. The smallest absolute Gasteiger partial charge is 0.178 e. The summed E-state index contributed by atoms with van der Waals surface area (Å²) in [4.78, 5) is 15.2. The van der Waals surface area contributed by atoms with Gasteiger partial charge in [-0.05, 0) is 23.6 Å². The van der Waals surface area contributed by atoms with Crippen molar-refractivity contribution in [2.75, 3.05) is 0 Å². The Hall–Kier alpha value is -1.44. The minimum Gasteiger partial charge on any atom is -0.293 e. The van der Waals surface area contributed by atoms with Crippen LogP contribution in [0.2, 0.25) is 0 Å². The maximum absolute atomic E-state index is 11.1. The first-order chi connectivity index (χ1) is 6.29. The number of nitrogens with zero attached hydrogens (tertiary/aromatic N) is 1. The molecule has 1 aromatic carbocycles. The molecule has 0 fully saturated rings. The lowest BCUT2D eigenvalue weighted by atomic mass is 10.0. The summed E-state index contributed by atoms with van der Waals surface area (Å²) in [7, 11) is 0. The first-order valence-electron chi connectivity index (χ1n) is 4.48. The molecular formula is C11H11NO. The lowest BCUT2D eigenvalue weighted by molar-refractivity contribution is -0.112. The minimum absolute atomic E-state index is 0.0979. The Bertz CT molecular complexity index is 380. The highest BCUT2D eigenvalue weighted by Crippen LogP contribution is 2.23. The first kappa shape index (κ1) is 8.17. The van der Waals surface area contributed by atoms with E-state index in [1.54, 1.807) is 0 Å². The quantitative estimate of drug-likeness (QED) is 0.639. The summed E-state index contributed by atoms with van der Waals surface area (Å²) in [6.07, 6.45) is 2.92. The van der Waals surface area contributed by atoms with Crippen molar-refractivity contribution in [3.8, 4) is 0 Å². The lowest BCUT2D eigenvalue weighted by Gasteiger charge is -2.09. The number of hydrogen-bond donors (Lipinski definition) is 0. The number of ketones is 1. The van der Waals surface area contributed by atoms with Gasteiger partial charge in [-0.15, -0.1) is 0 Å². The summed E-state index contributed by atoms with van der Waals surface area (Å²) >= 11 is 0. The maximum atomic E-state index is 11.1. The van der Waals surface area contributed by atoms with Crippen LogP contribution in [0, 0.1) is 0 Å². The monoisotopic (exact) mass is 173 g/mol. The molecule has 2 rings (SSSR count). The van der Waals surface area contributed by atoms with E-state index in [0.29, 0.717) is 6.42 Å². The molecule has 13 heavy (non-hydrogen) atoms. The van der Waals surface area contributed by atoms with Crippen LogP contribution in [0.4, 0.5) is 5.69 Å². The van der Waals surface area contributed by atoms with Gasteiger partial charge in [0.25, 0.3) is 0 Å². The van der Waals surface area contributed by atoms with Gasteiger partial charge in [0.05, 0.1) is 11.9 Å². The van der Waals surface area contributed by atoms with Gasteiger partial charge in [-0.25, -0.2) is 0 Å². The van der Waals surface area contributed by atoms with Gasteiger partial charge in [-0.2, -0.15) is 0 Å². The van der Waals surface area contributed by atoms with Gasteiger partial charge in [-0.1, -0.05) is 19.1 Å². The van der Waals surface area contributed by atoms with Crippen LogP contribution in [0.5, 0.6) is 0 Å². The van der Waals surface area contributed by atoms with Crippen molar-refractivity contribution in [3.05, 3.63) is 29.3 Å². The third kappa shape index (κ3) is 1.52. The molecule has 0 amide bonds. The van der Waals surface area contributed by atoms with E-state index >= 15 is 0 Å². The summed E-state index contributed by atoms with van der Waals surface area (Å²) < 4.78 is 0. The fourth-order valence-electron chi connectivity index (χ4n) is 1.50. The molecule has 0 aromatic heterocycles. The maximum Gasteiger partial charge on any atom is 0.178 e. The Balaban J connectivity index is 2.46. The Morgan fingerprint density at radius 1 is 1.46 bits per heavy atom. The topological polar surface area (TPSA) is 29.4 Å². The van der Waals surface area contributed by atoms with E-state index in [0.717, 1.165) is 17.7 Å². The average Bonchev–Trinajstić information content (AvgIpc) is 2.16. The van der Waals surface area contributed by atoms with Crippen molar-refractivity contribution in [3.63, 3.8) is 0 Å². The molecule has 0 spiro atoms. The first-order valence-corrected chi connectivity index (χ1v) is 4.48. The molecule has 2 nitrogen and oxygen atoms in total. The Morgan fingerprint density at radius 3 is 3.08 bits per heavy atom. The minimum atomic E-state index is 0.0979. The summed E-state index contributed by atoms with van der Waals surface area (Å²) in [5.74, 6) is 0.0979. The summed E-state index contributed by atoms with van der Waals surface area (Å²) in [5.41, 5.74) is 3.27. The molecule has 1 heterocycles. The molecule has 0 unspecified atom stereocenters. The lowest BCUT2D eigenvalue weighted by Crippen LogP contribution is -2.08. The fraction of sp³-hybridized carbons (Fsp3) is 0.273. The van der Waals surface area contributed by atoms with Crippen LogP contribution in [0.3, 0.4) is 0 Å². The van der Waals surface area contributed by atoms with E-state index in [1.165, 1.54) is 11.8 Å². The van der Waals surface area contributed by atoms with Crippen LogP contribution in [0.1, 0.15) is 18.1 Å². The molecule has 0 atom stereocenters. The summed E-state index contributed by atoms with van der Waals surface area (Å²) in [6.45, 7) is 2.11. The molecule has 66 valence electrons. The zero-order valence-corrected chi connectivity index (χ0v) is 7.58. The number of carbonyl (C=O) groups is 1. The van der Waals surface area contributed by atoms with Crippen LogP contribution in [-0.2, 0) is 17.6 Å². The van der Waals surface area contributed by atoms with E-state index in [9.17, 15) is 4.79 Å². The molecule has 0 aliphatic carbocycles. The number of hydrogen-bond acceptors (Lipinski definition) is 2. The Labute approximate surface area is 77.3 Å². The molecular weight excluding hydrogens is 162 g/mol. The van der Waals surface area contributed by atoms with Crippen molar-refractivity contribution in [1.82, 2.24) is 0 Å². The number of aliphatic imine (C=N–C) groups is 1. The largest absolute Gasteiger partial charge is 0.293 e. The molecule has 0 bridgehead atoms. The van der Waals surface area contributed by atoms with E-state index in [1.807, 2.05) is 6.07 Å². The molecule has 1 aliphatic rings. The number of rotatable bonds is 1. The van der Waals surface area contributed by atoms with Crippen LogP contribution in [0.25, 0.3) is 0 Å². The number of fused-ring (bicyclic) bond motifs is 1. The normalized spacial score (nSPS) is 14.4. The van der Waals surface area contributed by atoms with Crippen LogP contribution < -0.4 is 0 Å². The van der Waals surface area contributed by atoms with Gasteiger partial charge in [0.1, 0.15) is 0 Å². The highest BCUT2D eigenvalue weighted by Gasteiger charge is 2.11. The standard InChI is InChI=1S/C11H11NO/c1-2-8-3-4-11-9(5-8)6-10(13)7-12-11/h3-5,7H,2,6H2,1H3. The van der Waals surface area contributed by atoms with Gasteiger partial charge in [0, 0.05) is 6.42 Å². The van der Waals surface area contributed by atoms with E-state index in [-0.39, 0.29) is 5.78 Å². The van der Waals surface area contributed by atoms with Gasteiger partial charge < -0.3 is 0 Å². The zero-order chi connectivity index (χ0) is 9.26. The number of aryl methyl sites for hydroxylation is 1. The predicted octanol–water partition coefficient (Wildman–Crippen LogP) is 2.08. The molecule has 0 radical (unpaired) electrons. The van der Waals surface area contributed by atoms with Crippen molar-refractivity contribution in [2.45, 2.75) is 19.8 Å². The number of carbonyl (C=O) groups excluding carboxylic acids is 1. The van der Waals surface area contributed by atoms with Gasteiger partial charge in [0.2, 0.25) is 0 Å². The van der Waals surface area contributed by atoms with E-state index in [4.69, 9.17) is 0 Å². The van der Waals surface area contributed by atoms with Gasteiger partial charge >= 0.3 is 0 Å². The van der Waals surface area contributed by atoms with Crippen molar-refractivity contribution in [1.29, 1.82) is 0 Å². The molecule has 0 N–H and O–H groups in total. The Morgan fingerprint density at radius 2 is 2.31 bits per heavy atom. The number of benzene rings is 1. The zero-order valence-electron chi connectivity index (χ0n) is 7.58. The van der Waals surface area contributed by atoms with Crippen molar-refractivity contribution < 1.29 is 4.79 Å². The van der Waals surface area contributed by atoms with E-state index in [2.05, 4.69) is 24.0 Å². The predicted molar refractivity (Wildman–Crippen MR) is 52.7 cm³/mol. The van der Waals surface area contributed by atoms with E-state index < -0.39 is 0 Å². The molecule has 0 saturated heterocycles. The fourth-order valence-corrected chi connectivity index (χ4v) is 1.50. The third-order valence-electron chi connectivity index (χ3n) is 2.26. The molecule has 0 saturated carbocycles. The average molecular weight is 173 g/mol. The SMILES string of the molecule is CCc1ccc2c(c1)CC(=O)C=N2. The van der Waals surface area contributed by atoms with Crippen LogP contribution >= 0.6 is 0 Å². The van der Waals surface area contributed by atoms with Crippen LogP contribution in [-0.4, -0.2) is 12.0 Å². The van der Waals surface area contributed by atoms with Gasteiger partial charge in [0.15, 0.2) is 5.78 Å². The third-order valence-corrected chi connectivity index (χ3v) is 2.26. The summed E-state index contributed by atoms with van der Waals surface area (Å²) in [6, 6.07) is 6.12. The number of Topliss-reactive ketones (excluding diaryl/α,β-unsaturated/α-hetero) is 1. The Kier molecular flexibility index (Phi) is 1.97.